The van der Waals surface area contributed by atoms with Crippen LogP contribution in [-0.4, -0.2) is 16.0 Å². The quantitative estimate of drug-likeness (QED) is 0.568. The Morgan fingerprint density at radius 2 is 2.25 bits per heavy atom. The predicted octanol–water partition coefficient (Wildman–Crippen LogP) is 0.623. The number of nitro groups is 1. The first-order chi connectivity index (χ1) is 7.51. The number of nitrogens with zero attached hydrogens (tertiary/aromatic N) is 2. The van der Waals surface area contributed by atoms with Crippen molar-refractivity contribution < 1.29 is 14.8 Å². The van der Waals surface area contributed by atoms with Crippen LogP contribution in [-0.2, 0) is 6.54 Å². The molecule has 0 aliphatic carbocycles. The van der Waals surface area contributed by atoms with E-state index in [-0.39, 0.29) is 17.7 Å². The highest BCUT2D eigenvalue weighted by Crippen LogP contribution is 2.22. The van der Waals surface area contributed by atoms with E-state index < -0.39 is 22.1 Å². The van der Waals surface area contributed by atoms with Gasteiger partial charge in [0.05, 0.1) is 16.1 Å². The van der Waals surface area contributed by atoms with Crippen molar-refractivity contribution >= 4 is 11.7 Å². The number of nitrogens with two attached hydrogens (primary N) is 1. The zero-order valence-electron chi connectivity index (χ0n) is 8.01. The number of nitriles is 1. The lowest BCUT2D eigenvalue weighted by Crippen LogP contribution is -2.08. The van der Waals surface area contributed by atoms with Gasteiger partial charge in [-0.1, -0.05) is 0 Å². The molecule has 1 rings (SSSR count). The average Bonchev–Trinajstić information content (AvgIpc) is 2.26. The van der Waals surface area contributed by atoms with E-state index >= 15 is 0 Å². The van der Waals surface area contributed by atoms with E-state index in [0.29, 0.717) is 0 Å². The normalized spacial score (nSPS) is 9.50. The zero-order chi connectivity index (χ0) is 12.3. The molecule has 0 aliphatic heterocycles. The summed E-state index contributed by atoms with van der Waals surface area (Å²) in [4.78, 5) is 20.6. The summed E-state index contributed by atoms with van der Waals surface area (Å²) >= 11 is 0. The molecule has 0 fully saturated rings. The van der Waals surface area contributed by atoms with Gasteiger partial charge in [-0.2, -0.15) is 5.26 Å². The molecule has 82 valence electrons. The van der Waals surface area contributed by atoms with Gasteiger partial charge in [-0.15, -0.1) is 0 Å². The van der Waals surface area contributed by atoms with Gasteiger partial charge in [0, 0.05) is 18.7 Å². The monoisotopic (exact) mass is 221 g/mol. The summed E-state index contributed by atoms with van der Waals surface area (Å²) in [7, 11) is 0. The molecule has 0 aliphatic rings. The lowest BCUT2D eigenvalue weighted by atomic mass is 10.0. The van der Waals surface area contributed by atoms with E-state index in [1.807, 2.05) is 0 Å². The Morgan fingerprint density at radius 3 is 2.62 bits per heavy atom. The van der Waals surface area contributed by atoms with Gasteiger partial charge in [0.15, 0.2) is 0 Å². The first-order valence-electron chi connectivity index (χ1n) is 4.16. The minimum absolute atomic E-state index is 0.134. The molecule has 0 heterocycles. The fraction of sp³-hybridized carbons (Fsp3) is 0.111. The summed E-state index contributed by atoms with van der Waals surface area (Å²) in [5, 5.41) is 28.1. The molecule has 0 aromatic heterocycles. The molecule has 0 unspecified atom stereocenters. The molecular weight excluding hydrogens is 214 g/mol. The third kappa shape index (κ3) is 1.97. The predicted molar refractivity (Wildman–Crippen MR) is 52.7 cm³/mol. The molecule has 16 heavy (non-hydrogen) atoms. The number of aromatic carboxylic acids is 1. The Morgan fingerprint density at radius 1 is 1.62 bits per heavy atom. The summed E-state index contributed by atoms with van der Waals surface area (Å²) in [6.45, 7) is -0.134. The minimum atomic E-state index is -1.39. The number of non-ortho nitro benzene ring substituents is 1. The van der Waals surface area contributed by atoms with Gasteiger partial charge in [0.25, 0.3) is 5.69 Å². The molecule has 7 nitrogen and oxygen atoms in total. The molecule has 7 heteroatoms. The molecule has 1 aromatic rings. The van der Waals surface area contributed by atoms with Crippen LogP contribution in [0.5, 0.6) is 0 Å². The maximum atomic E-state index is 10.8. The van der Waals surface area contributed by atoms with Crippen LogP contribution in [0.2, 0.25) is 0 Å². The molecule has 0 atom stereocenters. The van der Waals surface area contributed by atoms with Crippen molar-refractivity contribution in [2.45, 2.75) is 6.54 Å². The molecule has 0 amide bonds. The number of benzene rings is 1. The summed E-state index contributed by atoms with van der Waals surface area (Å²) in [5.74, 6) is -1.39. The number of hydrogen-bond acceptors (Lipinski definition) is 5. The molecule has 0 bridgehead atoms. The van der Waals surface area contributed by atoms with Crippen LogP contribution in [0.1, 0.15) is 21.5 Å². The van der Waals surface area contributed by atoms with E-state index in [0.717, 1.165) is 12.1 Å². The van der Waals surface area contributed by atoms with Crippen LogP contribution in [0.3, 0.4) is 0 Å². The first kappa shape index (κ1) is 11.6. The maximum Gasteiger partial charge on any atom is 0.337 e. The summed E-state index contributed by atoms with van der Waals surface area (Å²) in [5.41, 5.74) is 4.51. The second kappa shape index (κ2) is 4.37. The van der Waals surface area contributed by atoms with Gasteiger partial charge in [0.2, 0.25) is 0 Å². The second-order valence-corrected chi connectivity index (χ2v) is 2.91. The van der Waals surface area contributed by atoms with Gasteiger partial charge >= 0.3 is 5.97 Å². The Labute approximate surface area is 89.9 Å². The van der Waals surface area contributed by atoms with Crippen molar-refractivity contribution in [1.82, 2.24) is 0 Å². The Kier molecular flexibility index (Phi) is 3.17. The number of rotatable bonds is 3. The number of hydrogen-bond donors (Lipinski definition) is 2. The lowest BCUT2D eigenvalue weighted by Gasteiger charge is -2.04. The van der Waals surface area contributed by atoms with Crippen molar-refractivity contribution in [2.75, 3.05) is 0 Å². The fourth-order valence-corrected chi connectivity index (χ4v) is 1.25. The standard InChI is InChI=1S/C9H7N3O4/c10-3-5-1-6(12(15)16)2-7(9(13)14)8(5)4-11/h1-2H,3,10H2,(H,13,14). The van der Waals surface area contributed by atoms with Gasteiger partial charge in [-0.3, -0.25) is 10.1 Å². The third-order valence-electron chi connectivity index (χ3n) is 1.98. The van der Waals surface area contributed by atoms with Crippen LogP contribution in [0.15, 0.2) is 12.1 Å². The largest absolute Gasteiger partial charge is 0.478 e. The minimum Gasteiger partial charge on any atom is -0.478 e. The van der Waals surface area contributed by atoms with Crippen molar-refractivity contribution in [3.63, 3.8) is 0 Å². The van der Waals surface area contributed by atoms with E-state index in [1.165, 1.54) is 0 Å². The van der Waals surface area contributed by atoms with E-state index in [9.17, 15) is 14.9 Å². The molecular formula is C9H7N3O4. The van der Waals surface area contributed by atoms with E-state index in [1.54, 1.807) is 6.07 Å². The van der Waals surface area contributed by atoms with Crippen LogP contribution in [0, 0.1) is 21.4 Å². The maximum absolute atomic E-state index is 10.8. The number of carboxylic acids is 1. The van der Waals surface area contributed by atoms with Crippen LogP contribution in [0.4, 0.5) is 5.69 Å². The SMILES string of the molecule is N#Cc1c(CN)cc([N+](=O)[O-])cc1C(=O)O. The smallest absolute Gasteiger partial charge is 0.337 e. The molecule has 0 saturated carbocycles. The fourth-order valence-electron chi connectivity index (χ4n) is 1.25. The highest BCUT2D eigenvalue weighted by molar-refractivity contribution is 5.92. The van der Waals surface area contributed by atoms with Gasteiger partial charge in [-0.25, -0.2) is 4.79 Å². The first-order valence-corrected chi connectivity index (χ1v) is 4.16. The highest BCUT2D eigenvalue weighted by Gasteiger charge is 2.19. The van der Waals surface area contributed by atoms with Crippen LogP contribution >= 0.6 is 0 Å². The topological polar surface area (TPSA) is 130 Å². The Hall–Kier alpha value is -2.46. The highest BCUT2D eigenvalue weighted by atomic mass is 16.6. The van der Waals surface area contributed by atoms with Gasteiger partial charge in [-0.05, 0) is 5.56 Å². The average molecular weight is 221 g/mol. The Bertz CT molecular complexity index is 504. The lowest BCUT2D eigenvalue weighted by molar-refractivity contribution is -0.385. The van der Waals surface area contributed by atoms with Crippen LogP contribution in [0.25, 0.3) is 0 Å². The molecule has 1 aromatic carbocycles. The molecule has 0 spiro atoms. The van der Waals surface area contributed by atoms with E-state index in [4.69, 9.17) is 16.1 Å². The summed E-state index contributed by atoms with van der Waals surface area (Å²) in [6, 6.07) is 3.63. The van der Waals surface area contributed by atoms with E-state index in [2.05, 4.69) is 0 Å². The van der Waals surface area contributed by atoms with Crippen molar-refractivity contribution in [1.29, 1.82) is 5.26 Å². The molecule has 0 radical (unpaired) electrons. The third-order valence-corrected chi connectivity index (χ3v) is 1.98. The summed E-state index contributed by atoms with van der Waals surface area (Å²) < 4.78 is 0. The number of carboxylic acid groups (broad SMARTS) is 1. The Balaban J connectivity index is 3.57. The van der Waals surface area contributed by atoms with Crippen LogP contribution < -0.4 is 5.73 Å². The van der Waals surface area contributed by atoms with Crippen molar-refractivity contribution in [2.24, 2.45) is 5.73 Å². The number of carbonyl (C=O) groups is 1. The van der Waals surface area contributed by atoms with Crippen molar-refractivity contribution in [3.05, 3.63) is 38.9 Å². The van der Waals surface area contributed by atoms with Gasteiger partial charge in [0.1, 0.15) is 6.07 Å². The zero-order valence-corrected chi connectivity index (χ0v) is 8.01. The van der Waals surface area contributed by atoms with Gasteiger partial charge < -0.3 is 10.8 Å². The number of nitro benzene ring substituents is 1. The molecule has 0 saturated heterocycles. The summed E-state index contributed by atoms with van der Waals surface area (Å²) in [6.07, 6.45) is 0. The molecule has 3 N–H and O–H groups in total. The van der Waals surface area contributed by atoms with Crippen molar-refractivity contribution in [3.8, 4) is 6.07 Å². The second-order valence-electron chi connectivity index (χ2n) is 2.91.